The number of benzene rings is 1. The third-order valence-electron chi connectivity index (χ3n) is 3.03. The number of carbonyl (C=O) groups excluding carboxylic acids is 1. The number of nitrogens with zero attached hydrogens (tertiary/aromatic N) is 1. The Balaban J connectivity index is 1.93. The summed E-state index contributed by atoms with van der Waals surface area (Å²) >= 11 is 5.80. The van der Waals surface area contributed by atoms with E-state index < -0.39 is 10.0 Å². The number of anilines is 1. The van der Waals surface area contributed by atoms with Crippen LogP contribution in [-0.2, 0) is 10.0 Å². The van der Waals surface area contributed by atoms with Gasteiger partial charge in [0.05, 0.1) is 18.5 Å². The molecule has 0 radical (unpaired) electrons. The lowest BCUT2D eigenvalue weighted by Crippen LogP contribution is -2.42. The van der Waals surface area contributed by atoms with E-state index in [9.17, 15) is 13.2 Å². The first kappa shape index (κ1) is 15.9. The van der Waals surface area contributed by atoms with Gasteiger partial charge in [-0.25, -0.2) is 13.2 Å². The molecule has 0 aromatic heterocycles. The Morgan fingerprint density at radius 3 is 2.48 bits per heavy atom. The lowest BCUT2D eigenvalue weighted by molar-refractivity contribution is 0.241. The Morgan fingerprint density at radius 2 is 1.95 bits per heavy atom. The van der Waals surface area contributed by atoms with Gasteiger partial charge >= 0.3 is 6.03 Å². The van der Waals surface area contributed by atoms with E-state index in [1.165, 1.54) is 4.31 Å². The van der Waals surface area contributed by atoms with Crippen LogP contribution in [0.3, 0.4) is 0 Å². The van der Waals surface area contributed by atoms with Crippen molar-refractivity contribution < 1.29 is 13.2 Å². The van der Waals surface area contributed by atoms with Gasteiger partial charge in [-0.15, -0.1) is 0 Å². The molecule has 0 spiro atoms. The molecule has 1 saturated carbocycles. The summed E-state index contributed by atoms with van der Waals surface area (Å²) in [5.74, 6) is 0. The van der Waals surface area contributed by atoms with E-state index in [0.717, 1.165) is 19.1 Å². The average Bonchev–Trinajstić information content (AvgIpc) is 3.18. The van der Waals surface area contributed by atoms with Gasteiger partial charge in [-0.2, -0.15) is 0 Å². The number of halogens is 1. The predicted octanol–water partition coefficient (Wildman–Crippen LogP) is 1.57. The number of urea groups is 1. The molecule has 1 aliphatic rings. The molecule has 8 heteroatoms. The van der Waals surface area contributed by atoms with E-state index in [1.54, 1.807) is 24.3 Å². The zero-order valence-electron chi connectivity index (χ0n) is 11.7. The highest BCUT2D eigenvalue weighted by atomic mass is 35.5. The van der Waals surface area contributed by atoms with Crippen LogP contribution in [0.5, 0.6) is 0 Å². The summed E-state index contributed by atoms with van der Waals surface area (Å²) in [4.78, 5) is 11.5. The van der Waals surface area contributed by atoms with Crippen LogP contribution in [-0.4, -0.2) is 39.8 Å². The summed E-state index contributed by atoms with van der Waals surface area (Å²) in [6.45, 7) is 0.396. The van der Waals surface area contributed by atoms with E-state index in [4.69, 9.17) is 11.6 Å². The molecule has 2 amide bonds. The number of hydrogen-bond donors (Lipinski definition) is 2. The maximum absolute atomic E-state index is 11.8. The van der Waals surface area contributed by atoms with Gasteiger partial charge in [0.25, 0.3) is 0 Å². The van der Waals surface area contributed by atoms with Crippen LogP contribution >= 0.6 is 11.6 Å². The van der Waals surface area contributed by atoms with Crippen molar-refractivity contribution in [2.75, 3.05) is 23.7 Å². The van der Waals surface area contributed by atoms with Gasteiger partial charge in [0.2, 0.25) is 10.0 Å². The van der Waals surface area contributed by atoms with Crippen LogP contribution < -0.4 is 14.9 Å². The van der Waals surface area contributed by atoms with E-state index in [0.29, 0.717) is 10.7 Å². The molecule has 0 aliphatic heterocycles. The minimum atomic E-state index is -3.42. The highest BCUT2D eigenvalue weighted by Gasteiger charge is 2.23. The first-order valence-corrected chi connectivity index (χ1v) is 8.86. The van der Waals surface area contributed by atoms with E-state index in [1.807, 2.05) is 0 Å². The number of nitrogens with one attached hydrogen (secondary N) is 2. The molecule has 1 aromatic carbocycles. The van der Waals surface area contributed by atoms with Gasteiger partial charge in [-0.3, -0.25) is 4.31 Å². The smallest absolute Gasteiger partial charge is 0.315 e. The molecule has 0 heterocycles. The molecule has 2 N–H and O–H groups in total. The van der Waals surface area contributed by atoms with E-state index in [-0.39, 0.29) is 25.2 Å². The van der Waals surface area contributed by atoms with Gasteiger partial charge in [0, 0.05) is 17.6 Å². The van der Waals surface area contributed by atoms with Crippen molar-refractivity contribution in [2.24, 2.45) is 0 Å². The molecule has 0 bridgehead atoms. The second-order valence-corrected chi connectivity index (χ2v) is 7.33. The van der Waals surface area contributed by atoms with Gasteiger partial charge < -0.3 is 10.6 Å². The molecule has 6 nitrogen and oxygen atoms in total. The summed E-state index contributed by atoms with van der Waals surface area (Å²) in [7, 11) is -3.42. The topological polar surface area (TPSA) is 78.5 Å². The molecule has 1 aromatic rings. The molecule has 1 fully saturated rings. The molecule has 0 unspecified atom stereocenters. The largest absolute Gasteiger partial charge is 0.336 e. The minimum Gasteiger partial charge on any atom is -0.336 e. The Bertz CT molecular complexity index is 600. The van der Waals surface area contributed by atoms with Crippen LogP contribution in [0.4, 0.5) is 10.5 Å². The van der Waals surface area contributed by atoms with Crippen molar-refractivity contribution in [1.29, 1.82) is 0 Å². The third kappa shape index (κ3) is 5.09. The highest BCUT2D eigenvalue weighted by Crippen LogP contribution is 2.20. The van der Waals surface area contributed by atoms with Crippen molar-refractivity contribution in [3.05, 3.63) is 29.3 Å². The summed E-state index contributed by atoms with van der Waals surface area (Å²) in [6.07, 6.45) is 3.15. The molecule has 0 atom stereocenters. The second kappa shape index (κ2) is 6.53. The lowest BCUT2D eigenvalue weighted by atomic mass is 10.3. The van der Waals surface area contributed by atoms with Gasteiger partial charge in [-0.1, -0.05) is 11.6 Å². The molecular weight excluding hydrogens is 314 g/mol. The molecule has 116 valence electrons. The number of amides is 2. The predicted molar refractivity (Wildman–Crippen MR) is 83.2 cm³/mol. The fraction of sp³-hybridized carbons (Fsp3) is 0.462. The van der Waals surface area contributed by atoms with Crippen LogP contribution in [0.25, 0.3) is 0 Å². The average molecular weight is 332 g/mol. The third-order valence-corrected chi connectivity index (χ3v) is 4.47. The van der Waals surface area contributed by atoms with E-state index in [2.05, 4.69) is 10.6 Å². The Kier molecular flexibility index (Phi) is 4.95. The number of hydrogen-bond acceptors (Lipinski definition) is 3. The summed E-state index contributed by atoms with van der Waals surface area (Å²) in [5, 5.41) is 5.97. The number of rotatable bonds is 6. The van der Waals surface area contributed by atoms with Crippen molar-refractivity contribution in [1.82, 2.24) is 10.6 Å². The fourth-order valence-electron chi connectivity index (χ4n) is 1.83. The quantitative estimate of drug-likeness (QED) is 0.830. The minimum absolute atomic E-state index is 0.165. The van der Waals surface area contributed by atoms with Crippen LogP contribution in [0.15, 0.2) is 24.3 Å². The summed E-state index contributed by atoms with van der Waals surface area (Å²) in [6, 6.07) is 6.53. The van der Waals surface area contributed by atoms with Crippen LogP contribution in [0.2, 0.25) is 5.02 Å². The van der Waals surface area contributed by atoms with Gasteiger partial charge in [0.1, 0.15) is 0 Å². The number of sulfonamides is 1. The zero-order valence-corrected chi connectivity index (χ0v) is 13.2. The molecule has 21 heavy (non-hydrogen) atoms. The Morgan fingerprint density at radius 1 is 1.33 bits per heavy atom. The highest BCUT2D eigenvalue weighted by molar-refractivity contribution is 7.92. The van der Waals surface area contributed by atoms with Crippen molar-refractivity contribution >= 4 is 33.3 Å². The van der Waals surface area contributed by atoms with Crippen molar-refractivity contribution in [2.45, 2.75) is 18.9 Å². The fourth-order valence-corrected chi connectivity index (χ4v) is 2.88. The van der Waals surface area contributed by atoms with Crippen LogP contribution in [0, 0.1) is 0 Å². The van der Waals surface area contributed by atoms with E-state index >= 15 is 0 Å². The van der Waals surface area contributed by atoms with Crippen molar-refractivity contribution in [3.8, 4) is 0 Å². The van der Waals surface area contributed by atoms with Gasteiger partial charge in [-0.05, 0) is 37.1 Å². The second-order valence-electron chi connectivity index (χ2n) is 4.99. The standard InChI is InChI=1S/C13H18ClN3O3S/c1-21(19,20)17(12-6-2-10(14)3-7-12)9-8-15-13(18)16-11-4-5-11/h2-3,6-7,11H,4-5,8-9H2,1H3,(H2,15,16,18). The lowest BCUT2D eigenvalue weighted by Gasteiger charge is -2.22. The zero-order chi connectivity index (χ0) is 15.5. The summed E-state index contributed by atoms with van der Waals surface area (Å²) < 4.78 is 24.9. The SMILES string of the molecule is CS(=O)(=O)N(CCNC(=O)NC1CC1)c1ccc(Cl)cc1. The normalized spacial score (nSPS) is 14.6. The molecule has 0 saturated heterocycles. The maximum atomic E-state index is 11.8. The Labute approximate surface area is 129 Å². The summed E-state index contributed by atoms with van der Waals surface area (Å²) in [5.41, 5.74) is 0.520. The molecule has 2 rings (SSSR count). The van der Waals surface area contributed by atoms with Crippen molar-refractivity contribution in [3.63, 3.8) is 0 Å². The number of carbonyl (C=O) groups is 1. The monoisotopic (exact) mass is 331 g/mol. The first-order valence-electron chi connectivity index (χ1n) is 6.64. The first-order chi connectivity index (χ1) is 9.86. The van der Waals surface area contributed by atoms with Gasteiger partial charge in [0.15, 0.2) is 0 Å². The van der Waals surface area contributed by atoms with Crippen LogP contribution in [0.1, 0.15) is 12.8 Å². The maximum Gasteiger partial charge on any atom is 0.315 e. The molecular formula is C13H18ClN3O3S. The Hall–Kier alpha value is -1.47. The molecule has 1 aliphatic carbocycles.